The second kappa shape index (κ2) is 12.1. The molecule has 9 heteroatoms. The number of carbonyl (C=O) groups excluding carboxylic acids is 3. The number of piperidine rings is 1. The van der Waals surface area contributed by atoms with Crippen molar-refractivity contribution in [3.8, 4) is 0 Å². The zero-order valence-corrected chi connectivity index (χ0v) is 23.7. The monoisotopic (exact) mass is 548 g/mol. The van der Waals surface area contributed by atoms with E-state index in [2.05, 4.69) is 31.0 Å². The van der Waals surface area contributed by atoms with Gasteiger partial charge in [0.2, 0.25) is 5.91 Å². The number of anilines is 1. The number of hydrogen-bond acceptors (Lipinski definition) is 5. The number of nitrogens with zero attached hydrogens (tertiary/aromatic N) is 3. The standard InChI is InChI=1S/C31H40N4O5/c1-30(2,3)24-14-12-23(13-15-24)28(39)33-19-16-31(17-20-33)29(40)34(22-35(31)25-9-5-4-6-10-25)21-26(36)32-18-8-7-11-27(37)38/h4-6,9-10,12-15H,7-8,11,16-22H2,1-3H3,(H,32,36)(H,37,38). The fraction of sp³-hybridized carbons (Fsp3) is 0.484. The lowest BCUT2D eigenvalue weighted by Gasteiger charge is -2.43. The first-order valence-corrected chi connectivity index (χ1v) is 14.0. The topological polar surface area (TPSA) is 110 Å². The van der Waals surface area contributed by atoms with E-state index in [0.717, 1.165) is 5.69 Å². The highest BCUT2D eigenvalue weighted by Crippen LogP contribution is 2.39. The summed E-state index contributed by atoms with van der Waals surface area (Å²) in [7, 11) is 0. The van der Waals surface area contributed by atoms with Crippen molar-refractivity contribution in [1.29, 1.82) is 0 Å². The molecule has 4 rings (SSSR count). The van der Waals surface area contributed by atoms with Crippen LogP contribution < -0.4 is 10.2 Å². The van der Waals surface area contributed by atoms with Crippen molar-refractivity contribution in [3.63, 3.8) is 0 Å². The summed E-state index contributed by atoms with van der Waals surface area (Å²) in [4.78, 5) is 56.0. The van der Waals surface area contributed by atoms with Crippen molar-refractivity contribution in [2.45, 2.75) is 63.8 Å². The summed E-state index contributed by atoms with van der Waals surface area (Å²) in [5.74, 6) is -1.25. The molecule has 2 aromatic rings. The van der Waals surface area contributed by atoms with Gasteiger partial charge in [-0.15, -0.1) is 0 Å². The number of nitrogens with one attached hydrogen (secondary N) is 1. The van der Waals surface area contributed by atoms with Crippen LogP contribution in [0.4, 0.5) is 5.69 Å². The second-order valence-electron chi connectivity index (χ2n) is 11.8. The molecule has 3 amide bonds. The summed E-state index contributed by atoms with van der Waals surface area (Å²) in [5.41, 5.74) is 1.90. The van der Waals surface area contributed by atoms with Gasteiger partial charge in [0.1, 0.15) is 12.1 Å². The lowest BCUT2D eigenvalue weighted by molar-refractivity contribution is -0.137. The van der Waals surface area contributed by atoms with Gasteiger partial charge in [0, 0.05) is 37.3 Å². The molecule has 0 atom stereocenters. The van der Waals surface area contributed by atoms with Crippen LogP contribution >= 0.6 is 0 Å². The van der Waals surface area contributed by atoms with Gasteiger partial charge in [-0.05, 0) is 60.9 Å². The average molecular weight is 549 g/mol. The summed E-state index contributed by atoms with van der Waals surface area (Å²) >= 11 is 0. The highest BCUT2D eigenvalue weighted by molar-refractivity contribution is 5.97. The predicted octanol–water partition coefficient (Wildman–Crippen LogP) is 3.64. The van der Waals surface area contributed by atoms with Gasteiger partial charge in [0.05, 0.1) is 6.67 Å². The Balaban J connectivity index is 1.43. The van der Waals surface area contributed by atoms with Crippen molar-refractivity contribution >= 4 is 29.4 Å². The van der Waals surface area contributed by atoms with Crippen LogP contribution in [0.1, 0.15) is 68.8 Å². The van der Waals surface area contributed by atoms with Crippen LogP contribution in [0.15, 0.2) is 54.6 Å². The molecule has 2 aromatic carbocycles. The third-order valence-electron chi connectivity index (χ3n) is 7.93. The zero-order chi connectivity index (χ0) is 28.9. The van der Waals surface area contributed by atoms with Crippen LogP contribution in [0.2, 0.25) is 0 Å². The lowest BCUT2D eigenvalue weighted by atomic mass is 9.84. The third kappa shape index (κ3) is 6.46. The molecular formula is C31H40N4O5. The molecule has 0 aromatic heterocycles. The molecule has 1 spiro atoms. The van der Waals surface area contributed by atoms with Crippen LogP contribution in [-0.4, -0.2) is 77.0 Å². The third-order valence-corrected chi connectivity index (χ3v) is 7.93. The summed E-state index contributed by atoms with van der Waals surface area (Å²) in [6, 6.07) is 17.5. The number of rotatable bonds is 9. The van der Waals surface area contributed by atoms with Gasteiger partial charge in [-0.25, -0.2) is 0 Å². The summed E-state index contributed by atoms with van der Waals surface area (Å²) in [6.07, 6.45) is 2.06. The molecule has 2 aliphatic heterocycles. The number of hydrogen-bond donors (Lipinski definition) is 2. The molecule has 2 N–H and O–H groups in total. The number of benzene rings is 2. The fourth-order valence-electron chi connectivity index (χ4n) is 5.56. The maximum atomic E-state index is 13.9. The van der Waals surface area contributed by atoms with Crippen LogP contribution in [0.5, 0.6) is 0 Å². The number of likely N-dealkylation sites (tertiary alicyclic amines) is 1. The summed E-state index contributed by atoms with van der Waals surface area (Å²) in [6.45, 7) is 7.90. The Morgan fingerprint density at radius 2 is 1.60 bits per heavy atom. The van der Waals surface area contributed by atoms with Gasteiger partial charge in [-0.3, -0.25) is 19.2 Å². The van der Waals surface area contributed by atoms with Gasteiger partial charge in [-0.1, -0.05) is 51.1 Å². The van der Waals surface area contributed by atoms with Crippen molar-refractivity contribution in [3.05, 3.63) is 65.7 Å². The molecular weight excluding hydrogens is 508 g/mol. The largest absolute Gasteiger partial charge is 0.481 e. The van der Waals surface area contributed by atoms with E-state index in [1.807, 2.05) is 59.5 Å². The normalized spacial score (nSPS) is 16.9. The molecule has 2 fully saturated rings. The van der Waals surface area contributed by atoms with Gasteiger partial charge >= 0.3 is 5.97 Å². The predicted molar refractivity (Wildman–Crippen MR) is 153 cm³/mol. The Bertz CT molecular complexity index is 1210. The number of amides is 3. The van der Waals surface area contributed by atoms with Gasteiger partial charge < -0.3 is 25.1 Å². The summed E-state index contributed by atoms with van der Waals surface area (Å²) in [5, 5.41) is 11.6. The molecule has 2 aliphatic rings. The molecule has 0 bridgehead atoms. The molecule has 9 nitrogen and oxygen atoms in total. The SMILES string of the molecule is CC(C)(C)c1ccc(C(=O)N2CCC3(CC2)C(=O)N(CC(=O)NCCCCC(=O)O)CN3c2ccccc2)cc1. The van der Waals surface area contributed by atoms with Crippen molar-refractivity contribution in [2.24, 2.45) is 0 Å². The minimum atomic E-state index is -0.855. The summed E-state index contributed by atoms with van der Waals surface area (Å²) < 4.78 is 0. The maximum absolute atomic E-state index is 13.9. The minimum Gasteiger partial charge on any atom is -0.481 e. The molecule has 0 saturated carbocycles. The van der Waals surface area contributed by atoms with Gasteiger partial charge in [0.25, 0.3) is 11.8 Å². The Morgan fingerprint density at radius 1 is 0.950 bits per heavy atom. The van der Waals surface area contributed by atoms with E-state index >= 15 is 0 Å². The molecule has 0 unspecified atom stereocenters. The van der Waals surface area contributed by atoms with Crippen LogP contribution in [-0.2, 0) is 19.8 Å². The van der Waals surface area contributed by atoms with E-state index in [-0.39, 0.29) is 42.8 Å². The van der Waals surface area contributed by atoms with E-state index in [0.29, 0.717) is 50.9 Å². The van der Waals surface area contributed by atoms with Gasteiger partial charge in [0.15, 0.2) is 0 Å². The molecule has 214 valence electrons. The minimum absolute atomic E-state index is 0.00589. The van der Waals surface area contributed by atoms with Crippen LogP contribution in [0.25, 0.3) is 0 Å². The van der Waals surface area contributed by atoms with Crippen molar-refractivity contribution in [1.82, 2.24) is 15.1 Å². The first-order chi connectivity index (χ1) is 19.0. The Labute approximate surface area is 236 Å². The molecule has 0 radical (unpaired) electrons. The van der Waals surface area contributed by atoms with Crippen LogP contribution in [0, 0.1) is 0 Å². The quantitative estimate of drug-likeness (QED) is 0.463. The maximum Gasteiger partial charge on any atom is 0.303 e. The Morgan fingerprint density at radius 3 is 2.20 bits per heavy atom. The fourth-order valence-corrected chi connectivity index (χ4v) is 5.56. The molecule has 2 heterocycles. The highest BCUT2D eigenvalue weighted by Gasteiger charge is 2.54. The van der Waals surface area contributed by atoms with Crippen molar-refractivity contribution < 1.29 is 24.3 Å². The molecule has 40 heavy (non-hydrogen) atoms. The molecule has 0 aliphatic carbocycles. The first-order valence-electron chi connectivity index (χ1n) is 14.0. The smallest absolute Gasteiger partial charge is 0.303 e. The van der Waals surface area contributed by atoms with E-state index in [4.69, 9.17) is 5.11 Å². The zero-order valence-electron chi connectivity index (χ0n) is 23.7. The van der Waals surface area contributed by atoms with E-state index < -0.39 is 11.5 Å². The highest BCUT2D eigenvalue weighted by atomic mass is 16.4. The van der Waals surface area contributed by atoms with E-state index in [1.54, 1.807) is 4.90 Å². The number of carboxylic acid groups (broad SMARTS) is 1. The number of carboxylic acids is 1. The van der Waals surface area contributed by atoms with E-state index in [9.17, 15) is 19.2 Å². The van der Waals surface area contributed by atoms with Crippen molar-refractivity contribution in [2.75, 3.05) is 37.7 Å². The van der Waals surface area contributed by atoms with E-state index in [1.165, 1.54) is 5.56 Å². The van der Waals surface area contributed by atoms with Crippen LogP contribution in [0.3, 0.4) is 0 Å². The lowest BCUT2D eigenvalue weighted by Crippen LogP contribution is -2.57. The number of carbonyl (C=O) groups is 4. The average Bonchev–Trinajstić information content (AvgIpc) is 3.19. The molecule has 2 saturated heterocycles. The first kappa shape index (κ1) is 29.1. The number of unbranched alkanes of at least 4 members (excludes halogenated alkanes) is 1. The van der Waals surface area contributed by atoms with Gasteiger partial charge in [-0.2, -0.15) is 0 Å². The number of para-hydroxylation sites is 1. The Hall–Kier alpha value is -3.88. The number of aliphatic carboxylic acids is 1. The Kier molecular flexibility index (Phi) is 8.81. The second-order valence-corrected chi connectivity index (χ2v) is 11.8.